The molecule has 0 saturated carbocycles. The van der Waals surface area contributed by atoms with E-state index in [-0.39, 0.29) is 0 Å². The van der Waals surface area contributed by atoms with Crippen LogP contribution in [0.4, 0.5) is 11.8 Å². The summed E-state index contributed by atoms with van der Waals surface area (Å²) >= 11 is 0. The Balaban J connectivity index is 1.75. The zero-order chi connectivity index (χ0) is 17.6. The molecule has 2 aromatic heterocycles. The maximum absolute atomic E-state index is 5.39. The van der Waals surface area contributed by atoms with Gasteiger partial charge < -0.3 is 19.9 Å². The molecule has 1 saturated heterocycles. The number of aromatic nitrogens is 4. The largest absolute Gasteiger partial charge is 0.379 e. The molecule has 0 amide bonds. The highest BCUT2D eigenvalue weighted by Gasteiger charge is 2.15. The molecule has 0 unspecified atom stereocenters. The quantitative estimate of drug-likeness (QED) is 0.756. The van der Waals surface area contributed by atoms with Gasteiger partial charge in [0.1, 0.15) is 0 Å². The van der Waals surface area contributed by atoms with E-state index in [4.69, 9.17) is 9.72 Å². The van der Waals surface area contributed by atoms with E-state index in [1.807, 2.05) is 6.33 Å². The van der Waals surface area contributed by atoms with E-state index in [0.717, 1.165) is 69.3 Å². The van der Waals surface area contributed by atoms with Crippen LogP contribution in [-0.4, -0.2) is 70.4 Å². The second-order valence-electron chi connectivity index (χ2n) is 6.62. The van der Waals surface area contributed by atoms with Crippen LogP contribution in [0.2, 0.25) is 0 Å². The van der Waals surface area contributed by atoms with E-state index in [2.05, 4.69) is 50.8 Å². The van der Waals surface area contributed by atoms with Crippen molar-refractivity contribution < 1.29 is 4.74 Å². The normalized spacial score (nSPS) is 15.8. The minimum atomic E-state index is 0.306. The minimum absolute atomic E-state index is 0.306. The van der Waals surface area contributed by atoms with Crippen molar-refractivity contribution in [3.05, 3.63) is 6.33 Å². The minimum Gasteiger partial charge on any atom is -0.379 e. The second kappa shape index (κ2) is 8.44. The number of nitrogens with zero attached hydrogens (tertiary/aromatic N) is 5. The fourth-order valence-electron chi connectivity index (χ4n) is 2.89. The molecule has 1 aliphatic heterocycles. The number of hydrogen-bond donors (Lipinski definition) is 2. The van der Waals surface area contributed by atoms with E-state index < -0.39 is 0 Å². The Morgan fingerprint density at radius 3 is 2.68 bits per heavy atom. The average molecular weight is 347 g/mol. The number of nitrogens with one attached hydrogen (secondary N) is 2. The monoisotopic (exact) mass is 347 g/mol. The Hall–Kier alpha value is -1.93. The van der Waals surface area contributed by atoms with Crippen molar-refractivity contribution >= 4 is 22.9 Å². The lowest BCUT2D eigenvalue weighted by Gasteiger charge is -2.26. The average Bonchev–Trinajstić information content (AvgIpc) is 3.05. The fraction of sp³-hybridized carbons (Fsp3) is 0.706. The number of ether oxygens (including phenoxy) is 1. The summed E-state index contributed by atoms with van der Waals surface area (Å²) in [7, 11) is 0. The highest BCUT2D eigenvalue weighted by Crippen LogP contribution is 2.23. The molecule has 1 fully saturated rings. The predicted molar refractivity (Wildman–Crippen MR) is 100 cm³/mol. The van der Waals surface area contributed by atoms with Crippen molar-refractivity contribution in [2.24, 2.45) is 0 Å². The van der Waals surface area contributed by atoms with Crippen LogP contribution in [0.3, 0.4) is 0 Å². The van der Waals surface area contributed by atoms with Crippen molar-refractivity contribution in [2.45, 2.75) is 33.2 Å². The van der Waals surface area contributed by atoms with Crippen molar-refractivity contribution in [2.75, 3.05) is 56.6 Å². The van der Waals surface area contributed by atoms with E-state index in [1.54, 1.807) is 0 Å². The number of rotatable bonds is 8. The molecular formula is C17H29N7O. The summed E-state index contributed by atoms with van der Waals surface area (Å²) in [6.45, 7) is 12.7. The maximum atomic E-state index is 5.39. The number of anilines is 2. The molecule has 2 N–H and O–H groups in total. The number of fused-ring (bicyclic) bond motifs is 1. The molecule has 138 valence electrons. The Morgan fingerprint density at radius 1 is 1.16 bits per heavy atom. The topological polar surface area (TPSA) is 80.1 Å². The molecule has 0 aromatic carbocycles. The molecular weight excluding hydrogens is 318 g/mol. The summed E-state index contributed by atoms with van der Waals surface area (Å²) in [6.07, 6.45) is 2.88. The summed E-state index contributed by atoms with van der Waals surface area (Å²) < 4.78 is 7.47. The Bertz CT molecular complexity index is 679. The molecule has 0 bridgehead atoms. The van der Waals surface area contributed by atoms with Crippen LogP contribution in [0.1, 0.15) is 33.2 Å². The standard InChI is InChI=1S/C17H29N7O/c1-4-5-18-15-14-16(24(12-20-14)13(2)3)22-17(21-15)19-6-7-23-8-10-25-11-9-23/h12-13H,4-11H2,1-3H3,(H2,18,19,21,22). The second-order valence-corrected chi connectivity index (χ2v) is 6.62. The zero-order valence-corrected chi connectivity index (χ0v) is 15.5. The maximum Gasteiger partial charge on any atom is 0.226 e. The van der Waals surface area contributed by atoms with E-state index >= 15 is 0 Å². The molecule has 2 aromatic rings. The lowest BCUT2D eigenvalue weighted by molar-refractivity contribution is 0.0398. The Kier molecular flexibility index (Phi) is 6.04. The van der Waals surface area contributed by atoms with Crippen LogP contribution >= 0.6 is 0 Å². The molecule has 1 aliphatic rings. The SMILES string of the molecule is CCCNc1nc(NCCN2CCOCC2)nc2c1ncn2C(C)C. The summed E-state index contributed by atoms with van der Waals surface area (Å²) in [6, 6.07) is 0.306. The first-order valence-corrected chi connectivity index (χ1v) is 9.21. The smallest absolute Gasteiger partial charge is 0.226 e. The lowest BCUT2D eigenvalue weighted by Crippen LogP contribution is -2.39. The van der Waals surface area contributed by atoms with Crippen molar-refractivity contribution in [1.82, 2.24) is 24.4 Å². The number of hydrogen-bond acceptors (Lipinski definition) is 7. The van der Waals surface area contributed by atoms with Crippen LogP contribution in [0.5, 0.6) is 0 Å². The van der Waals surface area contributed by atoms with Gasteiger partial charge in [0.2, 0.25) is 5.95 Å². The zero-order valence-electron chi connectivity index (χ0n) is 15.5. The van der Waals surface area contributed by atoms with E-state index in [9.17, 15) is 0 Å². The van der Waals surface area contributed by atoms with Crippen molar-refractivity contribution in [3.63, 3.8) is 0 Å². The van der Waals surface area contributed by atoms with Gasteiger partial charge in [0.05, 0.1) is 19.5 Å². The van der Waals surface area contributed by atoms with Gasteiger partial charge in [-0.1, -0.05) is 6.92 Å². The van der Waals surface area contributed by atoms with Crippen molar-refractivity contribution in [1.29, 1.82) is 0 Å². The molecule has 0 aliphatic carbocycles. The molecule has 0 radical (unpaired) electrons. The van der Waals surface area contributed by atoms with Gasteiger partial charge in [-0.15, -0.1) is 0 Å². The Morgan fingerprint density at radius 2 is 1.96 bits per heavy atom. The van der Waals surface area contributed by atoms with Gasteiger partial charge in [0.25, 0.3) is 0 Å². The lowest BCUT2D eigenvalue weighted by atomic mass is 10.4. The van der Waals surface area contributed by atoms with Gasteiger partial charge in [-0.3, -0.25) is 4.90 Å². The van der Waals surface area contributed by atoms with Gasteiger partial charge in [-0.25, -0.2) is 4.98 Å². The summed E-state index contributed by atoms with van der Waals surface area (Å²) in [5, 5.41) is 6.75. The van der Waals surface area contributed by atoms with Gasteiger partial charge >= 0.3 is 0 Å². The van der Waals surface area contributed by atoms with Gasteiger partial charge in [0.15, 0.2) is 17.0 Å². The number of morpholine rings is 1. The number of imidazole rings is 1. The summed E-state index contributed by atoms with van der Waals surface area (Å²) in [5.41, 5.74) is 1.71. The molecule has 0 atom stereocenters. The molecule has 8 nitrogen and oxygen atoms in total. The highest BCUT2D eigenvalue weighted by molar-refractivity contribution is 5.84. The first-order valence-electron chi connectivity index (χ1n) is 9.21. The van der Waals surface area contributed by atoms with Gasteiger partial charge in [0, 0.05) is 38.8 Å². The van der Waals surface area contributed by atoms with Crippen LogP contribution in [0, 0.1) is 0 Å². The van der Waals surface area contributed by atoms with E-state index in [1.165, 1.54) is 0 Å². The van der Waals surface area contributed by atoms with E-state index in [0.29, 0.717) is 12.0 Å². The molecule has 3 heterocycles. The predicted octanol–water partition coefficient (Wildman–Crippen LogP) is 1.97. The summed E-state index contributed by atoms with van der Waals surface area (Å²) in [5.74, 6) is 1.46. The van der Waals surface area contributed by atoms with Crippen LogP contribution in [0.15, 0.2) is 6.33 Å². The van der Waals surface area contributed by atoms with Crippen LogP contribution in [0.25, 0.3) is 11.2 Å². The first kappa shape index (κ1) is 17.9. The van der Waals surface area contributed by atoms with Gasteiger partial charge in [-0.2, -0.15) is 9.97 Å². The summed E-state index contributed by atoms with van der Waals surface area (Å²) in [4.78, 5) is 16.2. The molecule has 0 spiro atoms. The molecule has 25 heavy (non-hydrogen) atoms. The van der Waals surface area contributed by atoms with Crippen LogP contribution in [-0.2, 0) is 4.74 Å². The fourth-order valence-corrected chi connectivity index (χ4v) is 2.89. The Labute approximate surface area is 149 Å². The van der Waals surface area contributed by atoms with Crippen LogP contribution < -0.4 is 10.6 Å². The third kappa shape index (κ3) is 4.38. The molecule has 8 heteroatoms. The molecule has 3 rings (SSSR count). The first-order chi connectivity index (χ1) is 12.2. The third-order valence-electron chi connectivity index (χ3n) is 4.34. The van der Waals surface area contributed by atoms with Crippen molar-refractivity contribution in [3.8, 4) is 0 Å². The van der Waals surface area contributed by atoms with Gasteiger partial charge in [-0.05, 0) is 20.3 Å². The third-order valence-corrected chi connectivity index (χ3v) is 4.34. The highest BCUT2D eigenvalue weighted by atomic mass is 16.5.